The smallest absolute Gasteiger partial charge is 0.155 e. The van der Waals surface area contributed by atoms with Gasteiger partial charge in [-0.2, -0.15) is 4.73 Å². The highest BCUT2D eigenvalue weighted by atomic mass is 32.2. The van der Waals surface area contributed by atoms with Crippen molar-refractivity contribution in [3.8, 4) is 22.9 Å². The SMILES string of the molecule is ON1c2ccccc2Oc2cc(-n3c4ccccc4c4ccccc43)ccc21.ON1c2ccccc2Sc2cc(-n3c4ccccc4c4ccccc43)ccc21.On1c2ccccc2c2cc(N(c3ccccc3)c3ccccc3)ccc21. The van der Waals surface area contributed by atoms with E-state index in [4.69, 9.17) is 4.74 Å². The second-order valence-electron chi connectivity index (χ2n) is 20.3. The van der Waals surface area contributed by atoms with Crippen LogP contribution in [-0.4, -0.2) is 29.5 Å². The second-order valence-corrected chi connectivity index (χ2v) is 21.4. The van der Waals surface area contributed by atoms with Crippen LogP contribution in [0.4, 0.5) is 39.8 Å². The van der Waals surface area contributed by atoms with Gasteiger partial charge < -0.3 is 24.0 Å². The third-order valence-corrected chi connectivity index (χ3v) is 16.7. The molecular weight excluding hydrogens is 1040 g/mol. The van der Waals surface area contributed by atoms with Crippen LogP contribution in [0.1, 0.15) is 0 Å². The molecule has 0 fully saturated rings. The van der Waals surface area contributed by atoms with Gasteiger partial charge in [0.15, 0.2) is 11.5 Å². The predicted octanol–water partition coefficient (Wildman–Crippen LogP) is 19.7. The maximum Gasteiger partial charge on any atom is 0.155 e. The van der Waals surface area contributed by atoms with Crippen molar-refractivity contribution < 1.29 is 20.4 Å². The average molecular weight is 1100 g/mol. The van der Waals surface area contributed by atoms with Crippen LogP contribution in [0, 0.1) is 0 Å². The van der Waals surface area contributed by atoms with E-state index in [0.717, 1.165) is 82.4 Å². The first-order valence-electron chi connectivity index (χ1n) is 27.3. The zero-order valence-corrected chi connectivity index (χ0v) is 45.3. The highest BCUT2D eigenvalue weighted by Gasteiger charge is 2.26. The van der Waals surface area contributed by atoms with Crippen molar-refractivity contribution in [2.24, 2.45) is 0 Å². The maximum absolute atomic E-state index is 10.7. The molecule has 0 amide bonds. The summed E-state index contributed by atoms with van der Waals surface area (Å²) < 4.78 is 11.9. The topological polar surface area (TPSA) is 94.4 Å². The van der Waals surface area contributed by atoms with Crippen LogP contribution in [0.5, 0.6) is 11.5 Å². The molecule has 11 heteroatoms. The molecular formula is C72H50N6O4S. The van der Waals surface area contributed by atoms with Gasteiger partial charge in [-0.05, 0) is 127 Å². The molecule has 12 aromatic carbocycles. The molecule has 0 atom stereocenters. The Morgan fingerprint density at radius 1 is 0.289 bits per heavy atom. The number of rotatable bonds is 5. The molecule has 0 saturated carbocycles. The Kier molecular flexibility index (Phi) is 12.2. The lowest BCUT2D eigenvalue weighted by Gasteiger charge is -2.28. The van der Waals surface area contributed by atoms with E-state index in [-0.39, 0.29) is 0 Å². The normalized spacial score (nSPS) is 12.3. The summed E-state index contributed by atoms with van der Waals surface area (Å²) in [6.45, 7) is 0. The first-order valence-corrected chi connectivity index (χ1v) is 28.2. The Hall–Kier alpha value is -10.7. The summed E-state index contributed by atoms with van der Waals surface area (Å²) in [6, 6.07) is 96.0. The highest BCUT2D eigenvalue weighted by Crippen LogP contribution is 2.49. The van der Waals surface area contributed by atoms with Crippen molar-refractivity contribution >= 4 is 117 Å². The second kappa shape index (κ2) is 20.4. The minimum atomic E-state index is 0.626. The van der Waals surface area contributed by atoms with Crippen LogP contribution in [0.3, 0.4) is 0 Å². The van der Waals surface area contributed by atoms with Crippen LogP contribution < -0.4 is 19.8 Å². The van der Waals surface area contributed by atoms with E-state index in [1.807, 2.05) is 146 Å². The quantitative estimate of drug-likeness (QED) is 0.147. The molecule has 0 saturated heterocycles. The van der Waals surface area contributed by atoms with E-state index < -0.39 is 0 Å². The molecule has 2 aliphatic heterocycles. The van der Waals surface area contributed by atoms with Gasteiger partial charge in [0.25, 0.3) is 0 Å². The Labute approximate surface area is 481 Å². The molecule has 0 radical (unpaired) electrons. The Bertz CT molecular complexity index is 4600. The van der Waals surface area contributed by atoms with E-state index in [0.29, 0.717) is 22.9 Å². The molecule has 17 rings (SSSR count). The maximum atomic E-state index is 10.7. The molecule has 398 valence electrons. The van der Waals surface area contributed by atoms with Crippen molar-refractivity contribution in [2.45, 2.75) is 9.79 Å². The number of hydrogen-bond acceptors (Lipinski definition) is 8. The lowest BCUT2D eigenvalue weighted by Crippen LogP contribution is -2.16. The number of benzene rings is 12. The van der Waals surface area contributed by atoms with E-state index in [9.17, 15) is 15.6 Å². The largest absolute Gasteiger partial charge is 0.453 e. The molecule has 3 N–H and O–H groups in total. The molecule has 0 bridgehead atoms. The van der Waals surface area contributed by atoms with Crippen LogP contribution in [0.25, 0.3) is 76.8 Å². The molecule has 0 spiro atoms. The molecule has 0 unspecified atom stereocenters. The summed E-state index contributed by atoms with van der Waals surface area (Å²) >= 11 is 1.69. The summed E-state index contributed by atoms with van der Waals surface area (Å²) in [5, 5.41) is 41.3. The van der Waals surface area contributed by atoms with Crippen LogP contribution in [-0.2, 0) is 0 Å². The van der Waals surface area contributed by atoms with E-state index in [2.05, 4.69) is 154 Å². The summed E-state index contributed by atoms with van der Waals surface area (Å²) in [5.74, 6) is 1.26. The molecule has 10 nitrogen and oxygen atoms in total. The van der Waals surface area contributed by atoms with Crippen molar-refractivity contribution in [2.75, 3.05) is 15.0 Å². The number of anilines is 7. The summed E-state index contributed by atoms with van der Waals surface area (Å²) in [6.07, 6.45) is 0. The lowest BCUT2D eigenvalue weighted by molar-refractivity contribution is 0.213. The van der Waals surface area contributed by atoms with Gasteiger partial charge in [0.05, 0.1) is 50.2 Å². The standard InChI is InChI=1S/C24H16N2O2.C24H16N2OS.C24H18N2O/c2*27-26-21-11-5-6-12-23(21)28-24-15-16(13-14-22(24)26)25-19-9-3-1-7-17(19)18-8-2-4-10-20(18)25;27-26-23-14-8-7-13-21(23)22-17-20(15-16-24(22)26)25(18-9-3-1-4-10-18)19-11-5-2-6-12-19/h2*1-15,27H;1-17,27H. The fraction of sp³-hybridized carbons (Fsp3) is 0. The molecule has 15 aromatic rings. The lowest BCUT2D eigenvalue weighted by atomic mass is 10.1. The van der Waals surface area contributed by atoms with Gasteiger partial charge in [-0.15, -0.1) is 0 Å². The number of aromatic nitrogens is 3. The first kappa shape index (κ1) is 49.4. The molecule has 2 aliphatic rings. The third kappa shape index (κ3) is 8.45. The van der Waals surface area contributed by atoms with E-state index >= 15 is 0 Å². The van der Waals surface area contributed by atoms with Crippen molar-refractivity contribution in [1.82, 2.24) is 13.9 Å². The Morgan fingerprint density at radius 2 is 0.699 bits per heavy atom. The third-order valence-electron chi connectivity index (χ3n) is 15.6. The summed E-state index contributed by atoms with van der Waals surface area (Å²) in [5.41, 5.74) is 14.5. The first-order chi connectivity index (χ1) is 40.9. The minimum Gasteiger partial charge on any atom is -0.453 e. The van der Waals surface area contributed by atoms with Crippen LogP contribution in [0.2, 0.25) is 0 Å². The fourth-order valence-corrected chi connectivity index (χ4v) is 12.9. The summed E-state index contributed by atoms with van der Waals surface area (Å²) in [7, 11) is 0. The number of hydrogen-bond donors (Lipinski definition) is 3. The minimum absolute atomic E-state index is 0.626. The monoisotopic (exact) mass is 1090 g/mol. The molecule has 0 aliphatic carbocycles. The van der Waals surface area contributed by atoms with Gasteiger partial charge in [0, 0.05) is 70.9 Å². The van der Waals surface area contributed by atoms with Gasteiger partial charge in [-0.3, -0.25) is 10.4 Å². The number of para-hydroxylation sites is 10. The Balaban J connectivity index is 0.000000106. The molecule has 3 aromatic heterocycles. The van der Waals surface area contributed by atoms with Crippen molar-refractivity contribution in [3.63, 3.8) is 0 Å². The van der Waals surface area contributed by atoms with Gasteiger partial charge in [0.2, 0.25) is 0 Å². The van der Waals surface area contributed by atoms with Crippen LogP contribution in [0.15, 0.2) is 295 Å². The molecule has 83 heavy (non-hydrogen) atoms. The van der Waals surface area contributed by atoms with Crippen LogP contribution >= 0.6 is 11.8 Å². The van der Waals surface area contributed by atoms with Gasteiger partial charge in [-0.25, -0.2) is 10.1 Å². The summed E-state index contributed by atoms with van der Waals surface area (Å²) in [4.78, 5) is 4.32. The zero-order chi connectivity index (χ0) is 55.5. The van der Waals surface area contributed by atoms with Crippen molar-refractivity contribution in [1.29, 1.82) is 0 Å². The molecule has 5 heterocycles. The average Bonchev–Trinajstić information content (AvgIpc) is 4.25. The van der Waals surface area contributed by atoms with Gasteiger partial charge in [-0.1, -0.05) is 163 Å². The van der Waals surface area contributed by atoms with Crippen molar-refractivity contribution in [3.05, 3.63) is 285 Å². The van der Waals surface area contributed by atoms with E-state index in [1.165, 1.54) is 47.4 Å². The highest BCUT2D eigenvalue weighted by molar-refractivity contribution is 7.99. The fourth-order valence-electron chi connectivity index (χ4n) is 11.8. The van der Waals surface area contributed by atoms with Gasteiger partial charge in [0.1, 0.15) is 11.4 Å². The van der Waals surface area contributed by atoms with Gasteiger partial charge >= 0.3 is 0 Å². The predicted molar refractivity (Wildman–Crippen MR) is 338 cm³/mol. The Morgan fingerprint density at radius 3 is 1.28 bits per heavy atom. The number of ether oxygens (including phenoxy) is 1. The number of fused-ring (bicyclic) bond motifs is 13. The zero-order valence-electron chi connectivity index (χ0n) is 44.5. The van der Waals surface area contributed by atoms with E-state index in [1.54, 1.807) is 11.8 Å². The number of nitrogens with zero attached hydrogens (tertiary/aromatic N) is 6.